The molecule has 1 aromatic rings. The number of carbonyl (C=O) groups is 2. The molecule has 0 unspecified atom stereocenters. The topological polar surface area (TPSA) is 91.3 Å². The Hall–Kier alpha value is -2.16. The van der Waals surface area contributed by atoms with E-state index in [1.165, 1.54) is 19.3 Å². The molecule has 8 heteroatoms. The first-order valence-electron chi connectivity index (χ1n) is 16.1. The highest BCUT2D eigenvalue weighted by molar-refractivity contribution is 6.00. The maximum absolute atomic E-state index is 14.3. The number of nitrogens with zero attached hydrogens (tertiary/aromatic N) is 2. The second-order valence-corrected chi connectivity index (χ2v) is 13.0. The smallest absolute Gasteiger partial charge is 0.258 e. The average molecular weight is 572 g/mol. The van der Waals surface area contributed by atoms with Crippen LogP contribution in [0.3, 0.4) is 0 Å². The Morgan fingerprint density at radius 2 is 1.80 bits per heavy atom. The molecule has 4 atom stereocenters. The monoisotopic (exact) mass is 571 g/mol. The molecule has 230 valence electrons. The first-order valence-corrected chi connectivity index (χ1v) is 16.1. The third-order valence-electron chi connectivity index (χ3n) is 9.05. The van der Waals surface area contributed by atoms with Crippen LogP contribution in [0.15, 0.2) is 18.2 Å². The number of benzene rings is 1. The molecule has 0 aromatic heterocycles. The van der Waals surface area contributed by atoms with Gasteiger partial charge in [-0.25, -0.2) is 0 Å². The van der Waals surface area contributed by atoms with Gasteiger partial charge in [-0.3, -0.25) is 9.59 Å². The predicted molar refractivity (Wildman–Crippen MR) is 162 cm³/mol. The Morgan fingerprint density at radius 1 is 1.07 bits per heavy atom. The van der Waals surface area contributed by atoms with Crippen LogP contribution in [0.2, 0.25) is 0 Å². The molecular weight excluding hydrogens is 518 g/mol. The third kappa shape index (κ3) is 9.42. The summed E-state index contributed by atoms with van der Waals surface area (Å²) in [6, 6.07) is 5.03. The number of carbonyl (C=O) groups excluding carboxylic acids is 2. The number of ether oxygens (including phenoxy) is 2. The number of rotatable bonds is 8. The standard InChI is InChI=1S/C33H53N3O5/c1-23-19-36(24(2)22-37)33(39)29-18-28(34-32(38)27-11-6-5-7-12-27)15-16-30(29)41-25(3)10-8-9-17-40-31(23)21-35(4)20-26-13-14-26/h15-16,18,23-27,31,37H,5-14,17,19-22H2,1-4H3,(H,34,38)/t23-,24+,25-,31-/m0/s1. The van der Waals surface area contributed by atoms with Crippen molar-refractivity contribution in [1.29, 1.82) is 0 Å². The highest BCUT2D eigenvalue weighted by Gasteiger charge is 2.31. The summed E-state index contributed by atoms with van der Waals surface area (Å²) in [6.07, 6.45) is 10.5. The lowest BCUT2D eigenvalue weighted by atomic mass is 9.88. The van der Waals surface area contributed by atoms with E-state index in [1.54, 1.807) is 11.0 Å². The number of amides is 2. The molecule has 4 rings (SSSR count). The Bertz CT molecular complexity index is 993. The Balaban J connectivity index is 1.59. The van der Waals surface area contributed by atoms with Crippen molar-refractivity contribution in [3.8, 4) is 5.75 Å². The summed E-state index contributed by atoms with van der Waals surface area (Å²) >= 11 is 0. The Labute approximate surface area is 247 Å². The van der Waals surface area contributed by atoms with Gasteiger partial charge >= 0.3 is 0 Å². The molecule has 1 heterocycles. The predicted octanol–water partition coefficient (Wildman–Crippen LogP) is 5.34. The van der Waals surface area contributed by atoms with Crippen LogP contribution in [-0.4, -0.2) is 84.9 Å². The SMILES string of the molecule is C[C@H](CO)N1C[C@H](C)[C@H](CN(C)CC2CC2)OCCCC[C@H](C)Oc2ccc(NC(=O)C3CCCCC3)cc2C1=O. The summed E-state index contributed by atoms with van der Waals surface area (Å²) in [7, 11) is 2.16. The number of nitrogens with one attached hydrogen (secondary N) is 1. The Kier molecular flexibility index (Phi) is 11.9. The largest absolute Gasteiger partial charge is 0.490 e. The fourth-order valence-electron chi connectivity index (χ4n) is 6.19. The highest BCUT2D eigenvalue weighted by Crippen LogP contribution is 2.31. The molecule has 0 radical (unpaired) electrons. The van der Waals surface area contributed by atoms with E-state index in [9.17, 15) is 14.7 Å². The van der Waals surface area contributed by atoms with Gasteiger partial charge in [0, 0.05) is 43.8 Å². The van der Waals surface area contributed by atoms with E-state index in [1.807, 2.05) is 26.0 Å². The molecule has 3 aliphatic rings. The van der Waals surface area contributed by atoms with Crippen LogP contribution in [0.5, 0.6) is 5.75 Å². The van der Waals surface area contributed by atoms with E-state index in [2.05, 4.69) is 24.2 Å². The van der Waals surface area contributed by atoms with Crippen LogP contribution in [0.25, 0.3) is 0 Å². The summed E-state index contributed by atoms with van der Waals surface area (Å²) in [5, 5.41) is 13.2. The van der Waals surface area contributed by atoms with Gasteiger partial charge in [0.2, 0.25) is 5.91 Å². The van der Waals surface area contributed by atoms with Gasteiger partial charge in [0.15, 0.2) is 0 Å². The van der Waals surface area contributed by atoms with E-state index < -0.39 is 0 Å². The lowest BCUT2D eigenvalue weighted by Gasteiger charge is -2.36. The lowest BCUT2D eigenvalue weighted by Crippen LogP contribution is -2.47. The highest BCUT2D eigenvalue weighted by atomic mass is 16.5. The van der Waals surface area contributed by atoms with Crippen molar-refractivity contribution in [2.24, 2.45) is 17.8 Å². The minimum absolute atomic E-state index is 0.0165. The Morgan fingerprint density at radius 3 is 2.51 bits per heavy atom. The van der Waals surface area contributed by atoms with Crippen LogP contribution in [0, 0.1) is 17.8 Å². The van der Waals surface area contributed by atoms with Crippen molar-refractivity contribution in [2.45, 2.75) is 103 Å². The molecule has 2 saturated carbocycles. The van der Waals surface area contributed by atoms with Gasteiger partial charge in [-0.1, -0.05) is 26.2 Å². The number of aliphatic hydroxyl groups is 1. The summed E-state index contributed by atoms with van der Waals surface area (Å²) in [5.41, 5.74) is 1.03. The molecule has 41 heavy (non-hydrogen) atoms. The van der Waals surface area contributed by atoms with Crippen LogP contribution in [-0.2, 0) is 9.53 Å². The van der Waals surface area contributed by atoms with Crippen LogP contribution in [0.4, 0.5) is 5.69 Å². The van der Waals surface area contributed by atoms with Gasteiger partial charge in [0.05, 0.1) is 30.4 Å². The van der Waals surface area contributed by atoms with Gasteiger partial charge in [-0.15, -0.1) is 0 Å². The molecular formula is C33H53N3O5. The van der Waals surface area contributed by atoms with Crippen molar-refractivity contribution in [2.75, 3.05) is 45.2 Å². The third-order valence-corrected chi connectivity index (χ3v) is 9.05. The van der Waals surface area contributed by atoms with Gasteiger partial charge in [-0.2, -0.15) is 0 Å². The maximum Gasteiger partial charge on any atom is 0.258 e. The average Bonchev–Trinajstić information content (AvgIpc) is 3.78. The lowest BCUT2D eigenvalue weighted by molar-refractivity contribution is -0.120. The van der Waals surface area contributed by atoms with Gasteiger partial charge < -0.3 is 29.7 Å². The van der Waals surface area contributed by atoms with Crippen LogP contribution >= 0.6 is 0 Å². The van der Waals surface area contributed by atoms with Crippen molar-refractivity contribution in [3.63, 3.8) is 0 Å². The summed E-state index contributed by atoms with van der Waals surface area (Å²) in [4.78, 5) is 31.4. The molecule has 8 nitrogen and oxygen atoms in total. The maximum atomic E-state index is 14.3. The van der Waals surface area contributed by atoms with Gasteiger partial charge in [-0.05, 0) is 90.0 Å². The number of hydrogen-bond acceptors (Lipinski definition) is 6. The summed E-state index contributed by atoms with van der Waals surface area (Å²) in [6.45, 7) is 8.95. The second kappa shape index (κ2) is 15.4. The van der Waals surface area contributed by atoms with Crippen molar-refractivity contribution < 1.29 is 24.2 Å². The van der Waals surface area contributed by atoms with Crippen molar-refractivity contribution >= 4 is 17.5 Å². The first kappa shape index (κ1) is 31.8. The van der Waals surface area contributed by atoms with Crippen molar-refractivity contribution in [1.82, 2.24) is 9.80 Å². The molecule has 2 amide bonds. The normalized spacial score (nSPS) is 26.1. The first-order chi connectivity index (χ1) is 19.7. The molecule has 1 aromatic carbocycles. The van der Waals surface area contributed by atoms with E-state index >= 15 is 0 Å². The molecule has 0 saturated heterocycles. The second-order valence-electron chi connectivity index (χ2n) is 13.0. The van der Waals surface area contributed by atoms with Crippen LogP contribution < -0.4 is 10.1 Å². The quantitative estimate of drug-likeness (QED) is 0.438. The zero-order valence-electron chi connectivity index (χ0n) is 25.8. The van der Waals surface area contributed by atoms with Gasteiger partial charge in [0.25, 0.3) is 5.91 Å². The molecule has 2 aliphatic carbocycles. The molecule has 1 aliphatic heterocycles. The number of hydrogen-bond donors (Lipinski definition) is 2. The number of aliphatic hydroxyl groups excluding tert-OH is 1. The van der Waals surface area contributed by atoms with E-state index in [4.69, 9.17) is 9.47 Å². The van der Waals surface area contributed by atoms with Crippen molar-refractivity contribution in [3.05, 3.63) is 23.8 Å². The number of anilines is 1. The van der Waals surface area contributed by atoms with Crippen LogP contribution in [0.1, 0.15) is 95.3 Å². The fraction of sp³-hybridized carbons (Fsp3) is 0.758. The molecule has 0 bridgehead atoms. The number of fused-ring (bicyclic) bond motifs is 1. The van der Waals surface area contributed by atoms with E-state index in [0.29, 0.717) is 30.2 Å². The minimum Gasteiger partial charge on any atom is -0.490 e. The van der Waals surface area contributed by atoms with Gasteiger partial charge in [0.1, 0.15) is 5.75 Å². The van der Waals surface area contributed by atoms with E-state index in [0.717, 1.165) is 64.0 Å². The fourth-order valence-corrected chi connectivity index (χ4v) is 6.19. The number of likely N-dealkylation sites (N-methyl/N-ethyl adjacent to an activating group) is 1. The van der Waals surface area contributed by atoms with E-state index in [-0.39, 0.29) is 48.5 Å². The molecule has 2 N–H and O–H groups in total. The minimum atomic E-state index is -0.381. The zero-order chi connectivity index (χ0) is 29.4. The summed E-state index contributed by atoms with van der Waals surface area (Å²) in [5.74, 6) is 1.23. The summed E-state index contributed by atoms with van der Waals surface area (Å²) < 4.78 is 12.8. The molecule has 0 spiro atoms. The zero-order valence-corrected chi connectivity index (χ0v) is 25.8. The molecule has 2 fully saturated rings.